The predicted molar refractivity (Wildman–Crippen MR) is 37.0 cm³/mol. The molecule has 3 N–H and O–H groups in total. The van der Waals surface area contributed by atoms with Crippen LogP contribution in [0, 0.1) is 11.8 Å². The lowest BCUT2D eigenvalue weighted by Gasteiger charge is -2.33. The third kappa shape index (κ3) is 1.66. The highest BCUT2D eigenvalue weighted by Crippen LogP contribution is 2.34. The van der Waals surface area contributed by atoms with Gasteiger partial charge < -0.3 is 10.8 Å². The van der Waals surface area contributed by atoms with Crippen LogP contribution in [0.5, 0.6) is 0 Å². The fraction of sp³-hybridized carbons (Fsp3) is 1.00. The van der Waals surface area contributed by atoms with Gasteiger partial charge in [0, 0.05) is 6.61 Å². The Kier molecular flexibility index (Phi) is 2.49. The molecule has 0 bridgehead atoms. The molecular weight excluding hydrogens is 114 g/mol. The van der Waals surface area contributed by atoms with Crippen molar-refractivity contribution < 1.29 is 5.11 Å². The highest BCUT2D eigenvalue weighted by atomic mass is 16.3. The van der Waals surface area contributed by atoms with Crippen molar-refractivity contribution in [2.45, 2.75) is 19.3 Å². The van der Waals surface area contributed by atoms with E-state index in [0.717, 1.165) is 18.9 Å². The van der Waals surface area contributed by atoms with E-state index in [0.29, 0.717) is 12.5 Å². The summed E-state index contributed by atoms with van der Waals surface area (Å²) in [7, 11) is 0. The van der Waals surface area contributed by atoms with Crippen molar-refractivity contribution >= 4 is 0 Å². The molecule has 0 aromatic heterocycles. The first-order valence-corrected chi connectivity index (χ1v) is 3.67. The molecule has 0 aromatic carbocycles. The fourth-order valence-corrected chi connectivity index (χ4v) is 1.49. The van der Waals surface area contributed by atoms with Gasteiger partial charge in [0.1, 0.15) is 0 Å². The topological polar surface area (TPSA) is 46.2 Å². The molecule has 0 atom stereocenters. The largest absolute Gasteiger partial charge is 0.396 e. The van der Waals surface area contributed by atoms with E-state index in [1.165, 1.54) is 12.8 Å². The van der Waals surface area contributed by atoms with Crippen molar-refractivity contribution in [3.05, 3.63) is 0 Å². The summed E-state index contributed by atoms with van der Waals surface area (Å²) in [5.74, 6) is 1.42. The summed E-state index contributed by atoms with van der Waals surface area (Å²) in [6.45, 7) is 1.18. The van der Waals surface area contributed by atoms with Gasteiger partial charge in [-0.3, -0.25) is 0 Å². The molecule has 0 radical (unpaired) electrons. The summed E-state index contributed by atoms with van der Waals surface area (Å²) < 4.78 is 0. The van der Waals surface area contributed by atoms with Crippen LogP contribution in [0.3, 0.4) is 0 Å². The number of hydrogen-bond donors (Lipinski definition) is 2. The fourth-order valence-electron chi connectivity index (χ4n) is 1.49. The van der Waals surface area contributed by atoms with Crippen LogP contribution in [0.25, 0.3) is 0 Å². The zero-order valence-corrected chi connectivity index (χ0v) is 5.71. The summed E-state index contributed by atoms with van der Waals surface area (Å²) >= 11 is 0. The molecule has 1 aliphatic carbocycles. The van der Waals surface area contributed by atoms with Crippen LogP contribution in [0.1, 0.15) is 19.3 Å². The van der Waals surface area contributed by atoms with Crippen molar-refractivity contribution in [3.63, 3.8) is 0 Å². The normalized spacial score (nSPS) is 34.0. The maximum absolute atomic E-state index is 8.64. The predicted octanol–water partition coefficient (Wildman–Crippen LogP) is 0.354. The van der Waals surface area contributed by atoms with E-state index in [9.17, 15) is 0 Å². The molecule has 0 amide bonds. The van der Waals surface area contributed by atoms with Gasteiger partial charge in [-0.05, 0) is 37.6 Å². The third-order valence-electron chi connectivity index (χ3n) is 2.17. The first kappa shape index (κ1) is 7.03. The van der Waals surface area contributed by atoms with Crippen molar-refractivity contribution in [3.8, 4) is 0 Å². The lowest BCUT2D eigenvalue weighted by molar-refractivity contribution is 0.104. The van der Waals surface area contributed by atoms with Gasteiger partial charge in [0.25, 0.3) is 0 Å². The summed E-state index contributed by atoms with van der Waals surface area (Å²) in [4.78, 5) is 0. The first-order chi connectivity index (χ1) is 4.36. The van der Waals surface area contributed by atoms with Gasteiger partial charge in [0.15, 0.2) is 0 Å². The third-order valence-corrected chi connectivity index (χ3v) is 2.17. The maximum Gasteiger partial charge on any atom is 0.0459 e. The second-order valence-corrected chi connectivity index (χ2v) is 2.96. The molecule has 54 valence electrons. The Morgan fingerprint density at radius 1 is 1.33 bits per heavy atom. The molecule has 9 heavy (non-hydrogen) atoms. The molecule has 1 aliphatic rings. The summed E-state index contributed by atoms with van der Waals surface area (Å²) in [6, 6.07) is 0. The van der Waals surface area contributed by atoms with Crippen LogP contribution in [0.4, 0.5) is 0 Å². The van der Waals surface area contributed by atoms with Crippen molar-refractivity contribution in [1.29, 1.82) is 0 Å². The van der Waals surface area contributed by atoms with E-state index in [1.54, 1.807) is 0 Å². The Morgan fingerprint density at radius 3 is 2.44 bits per heavy atom. The van der Waals surface area contributed by atoms with Gasteiger partial charge in [-0.15, -0.1) is 0 Å². The molecular formula is C7H15NO. The van der Waals surface area contributed by atoms with Gasteiger partial charge in [-0.1, -0.05) is 0 Å². The van der Waals surface area contributed by atoms with Gasteiger partial charge >= 0.3 is 0 Å². The SMILES string of the molecule is NCCC1CC(CO)C1. The van der Waals surface area contributed by atoms with Crippen LogP contribution in [0.15, 0.2) is 0 Å². The lowest BCUT2D eigenvalue weighted by atomic mass is 9.74. The maximum atomic E-state index is 8.64. The average Bonchev–Trinajstić information content (AvgIpc) is 1.77. The Bertz CT molecular complexity index is 79.0. The number of hydrogen-bond acceptors (Lipinski definition) is 2. The van der Waals surface area contributed by atoms with Crippen LogP contribution in [0.2, 0.25) is 0 Å². The van der Waals surface area contributed by atoms with Gasteiger partial charge in [0.05, 0.1) is 0 Å². The molecule has 2 nitrogen and oxygen atoms in total. The summed E-state index contributed by atoms with van der Waals surface area (Å²) in [6.07, 6.45) is 3.55. The highest BCUT2D eigenvalue weighted by Gasteiger charge is 2.26. The molecule has 0 heterocycles. The molecule has 0 unspecified atom stereocenters. The van der Waals surface area contributed by atoms with E-state index < -0.39 is 0 Å². The zero-order chi connectivity index (χ0) is 6.69. The molecule has 1 fully saturated rings. The quantitative estimate of drug-likeness (QED) is 0.577. The van der Waals surface area contributed by atoms with Crippen molar-refractivity contribution in [1.82, 2.24) is 0 Å². The minimum atomic E-state index is 0.376. The zero-order valence-electron chi connectivity index (χ0n) is 5.71. The Labute approximate surface area is 56.1 Å². The molecule has 1 rings (SSSR count). The van der Waals surface area contributed by atoms with Crippen LogP contribution < -0.4 is 5.73 Å². The minimum Gasteiger partial charge on any atom is -0.396 e. The highest BCUT2D eigenvalue weighted by molar-refractivity contribution is 4.78. The van der Waals surface area contributed by atoms with E-state index in [4.69, 9.17) is 10.8 Å². The minimum absolute atomic E-state index is 0.376. The Morgan fingerprint density at radius 2 is 2.00 bits per heavy atom. The second kappa shape index (κ2) is 3.18. The molecule has 0 saturated heterocycles. The lowest BCUT2D eigenvalue weighted by Crippen LogP contribution is -2.28. The Balaban J connectivity index is 1.98. The second-order valence-electron chi connectivity index (χ2n) is 2.96. The molecule has 0 spiro atoms. The van der Waals surface area contributed by atoms with Crippen molar-refractivity contribution in [2.75, 3.05) is 13.2 Å². The monoisotopic (exact) mass is 129 g/mol. The molecule has 1 saturated carbocycles. The van der Waals surface area contributed by atoms with Gasteiger partial charge in [0.2, 0.25) is 0 Å². The smallest absolute Gasteiger partial charge is 0.0459 e. The van der Waals surface area contributed by atoms with Crippen LogP contribution >= 0.6 is 0 Å². The number of rotatable bonds is 3. The number of aliphatic hydroxyl groups excluding tert-OH is 1. The molecule has 0 aromatic rings. The van der Waals surface area contributed by atoms with Crippen LogP contribution in [-0.4, -0.2) is 18.3 Å². The van der Waals surface area contributed by atoms with Gasteiger partial charge in [-0.25, -0.2) is 0 Å². The van der Waals surface area contributed by atoms with E-state index in [-0.39, 0.29) is 0 Å². The van der Waals surface area contributed by atoms with Crippen molar-refractivity contribution in [2.24, 2.45) is 17.6 Å². The van der Waals surface area contributed by atoms with Crippen LogP contribution in [-0.2, 0) is 0 Å². The number of aliphatic hydroxyl groups is 1. The first-order valence-electron chi connectivity index (χ1n) is 3.67. The van der Waals surface area contributed by atoms with E-state index in [2.05, 4.69) is 0 Å². The summed E-state index contributed by atoms with van der Waals surface area (Å²) in [5.41, 5.74) is 5.36. The van der Waals surface area contributed by atoms with Gasteiger partial charge in [-0.2, -0.15) is 0 Å². The Hall–Kier alpha value is -0.0800. The van der Waals surface area contributed by atoms with E-state index >= 15 is 0 Å². The number of nitrogens with two attached hydrogens (primary N) is 1. The molecule has 2 heteroatoms. The average molecular weight is 129 g/mol. The standard InChI is InChI=1S/C7H15NO/c8-2-1-6-3-7(4-6)5-9/h6-7,9H,1-5,8H2. The van der Waals surface area contributed by atoms with E-state index in [1.807, 2.05) is 0 Å². The molecule has 0 aliphatic heterocycles. The summed E-state index contributed by atoms with van der Waals surface area (Å²) in [5, 5.41) is 8.64.